The highest BCUT2D eigenvalue weighted by molar-refractivity contribution is 6.01. The summed E-state index contributed by atoms with van der Waals surface area (Å²) in [5.74, 6) is 0. The molecule has 0 aromatic heterocycles. The Bertz CT molecular complexity index is 3300. The van der Waals surface area contributed by atoms with Gasteiger partial charge in [0.1, 0.15) is 0 Å². The van der Waals surface area contributed by atoms with Crippen LogP contribution < -0.4 is 9.80 Å². The summed E-state index contributed by atoms with van der Waals surface area (Å²) in [6.45, 7) is 0. The minimum atomic E-state index is 1.10. The van der Waals surface area contributed by atoms with Crippen molar-refractivity contribution in [1.29, 1.82) is 0 Å². The number of anilines is 6. The van der Waals surface area contributed by atoms with E-state index in [2.05, 4.69) is 265 Å². The van der Waals surface area contributed by atoms with Gasteiger partial charge < -0.3 is 9.80 Å². The van der Waals surface area contributed by atoms with Gasteiger partial charge in [-0.2, -0.15) is 0 Å². The molecule has 292 valence electrons. The van der Waals surface area contributed by atoms with Gasteiger partial charge in [0.2, 0.25) is 0 Å². The first-order chi connectivity index (χ1) is 30.7. The van der Waals surface area contributed by atoms with Gasteiger partial charge in [-0.05, 0) is 116 Å². The van der Waals surface area contributed by atoms with E-state index < -0.39 is 0 Å². The van der Waals surface area contributed by atoms with Crippen LogP contribution in [0.2, 0.25) is 0 Å². The fraction of sp³-hybridized carbons (Fsp3) is 0. The molecule has 2 heteroatoms. The van der Waals surface area contributed by atoms with Crippen LogP contribution in [0.25, 0.3) is 65.7 Å². The first kappa shape index (κ1) is 36.8. The fourth-order valence-electron chi connectivity index (χ4n) is 8.97. The molecule has 0 fully saturated rings. The molecule has 2 nitrogen and oxygen atoms in total. The normalized spacial score (nSPS) is 11.2. The maximum Gasteiger partial charge on any atom is 0.0540 e. The van der Waals surface area contributed by atoms with Crippen LogP contribution in [0.1, 0.15) is 0 Å². The first-order valence-corrected chi connectivity index (χ1v) is 21.3. The van der Waals surface area contributed by atoms with Crippen molar-refractivity contribution in [2.45, 2.75) is 0 Å². The van der Waals surface area contributed by atoms with Crippen molar-refractivity contribution >= 4 is 66.4 Å². The van der Waals surface area contributed by atoms with Gasteiger partial charge in [0.05, 0.1) is 11.4 Å². The Morgan fingerprint density at radius 2 is 0.500 bits per heavy atom. The van der Waals surface area contributed by atoms with Crippen LogP contribution in [0.3, 0.4) is 0 Å². The third-order valence-electron chi connectivity index (χ3n) is 12.1. The molecule has 0 heterocycles. The SMILES string of the molecule is c1ccc(-c2ccc(N(c3ccc(-c4ccc(N(c5ccc(-c6cccc7ccccc67)cc5)c5cccc6ccccc56)cc4)cc3)c3cccc4ccccc34)cc2)cc1. The maximum absolute atomic E-state index is 2.38. The molecule has 0 radical (unpaired) electrons. The summed E-state index contributed by atoms with van der Waals surface area (Å²) >= 11 is 0. The summed E-state index contributed by atoms with van der Waals surface area (Å²) in [5, 5.41) is 7.35. The third kappa shape index (κ3) is 6.94. The highest BCUT2D eigenvalue weighted by Gasteiger charge is 2.18. The second-order valence-electron chi connectivity index (χ2n) is 15.7. The lowest BCUT2D eigenvalue weighted by atomic mass is 9.98. The summed E-state index contributed by atoms with van der Waals surface area (Å²) in [4.78, 5) is 4.75. The summed E-state index contributed by atoms with van der Waals surface area (Å²) in [5.41, 5.74) is 13.9. The number of fused-ring (bicyclic) bond motifs is 3. The number of benzene rings is 11. The van der Waals surface area contributed by atoms with Gasteiger partial charge in [-0.15, -0.1) is 0 Å². The molecule has 0 aliphatic heterocycles. The molecule has 0 unspecified atom stereocenters. The van der Waals surface area contributed by atoms with Crippen molar-refractivity contribution in [2.24, 2.45) is 0 Å². The van der Waals surface area contributed by atoms with Crippen LogP contribution in [-0.2, 0) is 0 Å². The predicted octanol–water partition coefficient (Wildman–Crippen LogP) is 17.1. The van der Waals surface area contributed by atoms with E-state index in [1.54, 1.807) is 0 Å². The molecule has 0 atom stereocenters. The lowest BCUT2D eigenvalue weighted by Gasteiger charge is -2.28. The lowest BCUT2D eigenvalue weighted by Crippen LogP contribution is -2.10. The zero-order chi connectivity index (χ0) is 41.2. The Morgan fingerprint density at radius 1 is 0.194 bits per heavy atom. The van der Waals surface area contributed by atoms with E-state index in [4.69, 9.17) is 0 Å². The Hall–Kier alpha value is -8.20. The Balaban J connectivity index is 0.947. The minimum Gasteiger partial charge on any atom is -0.310 e. The van der Waals surface area contributed by atoms with E-state index in [1.165, 1.54) is 54.6 Å². The molecular formula is C60H42N2. The number of rotatable bonds is 9. The quantitative estimate of drug-likeness (QED) is 0.144. The van der Waals surface area contributed by atoms with Gasteiger partial charge in [0.15, 0.2) is 0 Å². The van der Waals surface area contributed by atoms with E-state index >= 15 is 0 Å². The smallest absolute Gasteiger partial charge is 0.0540 e. The molecule has 0 amide bonds. The average Bonchev–Trinajstić information content (AvgIpc) is 3.35. The second-order valence-corrected chi connectivity index (χ2v) is 15.7. The molecule has 62 heavy (non-hydrogen) atoms. The lowest BCUT2D eigenvalue weighted by molar-refractivity contribution is 1.29. The molecule has 0 spiro atoms. The van der Waals surface area contributed by atoms with Crippen molar-refractivity contribution < 1.29 is 0 Å². The molecule has 11 rings (SSSR count). The first-order valence-electron chi connectivity index (χ1n) is 21.3. The molecule has 11 aromatic rings. The summed E-state index contributed by atoms with van der Waals surface area (Å²) < 4.78 is 0. The van der Waals surface area contributed by atoms with Crippen LogP contribution in [0.4, 0.5) is 34.1 Å². The monoisotopic (exact) mass is 790 g/mol. The largest absolute Gasteiger partial charge is 0.310 e. The van der Waals surface area contributed by atoms with Crippen LogP contribution in [-0.4, -0.2) is 0 Å². The summed E-state index contributed by atoms with van der Waals surface area (Å²) in [6.07, 6.45) is 0. The standard InChI is InChI=1S/C60H42N2/c1-2-13-43(14-3-1)44-27-35-51(36-28-44)61(59-25-11-19-48-16-5-8-22-57(48)59)52-37-29-45(30-38-52)46-31-39-53(40-32-46)62(60-26-12-20-49-17-6-9-23-58(49)60)54-41-33-50(34-42-54)56-24-10-18-47-15-4-7-21-55(47)56/h1-42H. The zero-order valence-electron chi connectivity index (χ0n) is 34.1. The molecule has 0 saturated carbocycles. The number of nitrogens with zero attached hydrogens (tertiary/aromatic N) is 2. The van der Waals surface area contributed by atoms with E-state index in [1.807, 2.05) is 0 Å². The third-order valence-corrected chi connectivity index (χ3v) is 12.1. The Kier molecular flexibility index (Phi) is 9.57. The molecule has 0 aliphatic carbocycles. The predicted molar refractivity (Wildman–Crippen MR) is 265 cm³/mol. The van der Waals surface area contributed by atoms with Crippen LogP contribution in [0.15, 0.2) is 255 Å². The van der Waals surface area contributed by atoms with E-state index in [0.29, 0.717) is 0 Å². The average molecular weight is 791 g/mol. The molecule has 0 aliphatic rings. The van der Waals surface area contributed by atoms with Gasteiger partial charge >= 0.3 is 0 Å². The highest BCUT2D eigenvalue weighted by Crippen LogP contribution is 2.43. The Labute approximate surface area is 362 Å². The molecule has 0 bridgehead atoms. The summed E-state index contributed by atoms with van der Waals surface area (Å²) in [6, 6.07) is 92.0. The van der Waals surface area contributed by atoms with Gasteiger partial charge in [0.25, 0.3) is 0 Å². The van der Waals surface area contributed by atoms with Crippen molar-refractivity contribution in [3.63, 3.8) is 0 Å². The molecular weight excluding hydrogens is 749 g/mol. The van der Waals surface area contributed by atoms with Crippen LogP contribution >= 0.6 is 0 Å². The highest BCUT2D eigenvalue weighted by atomic mass is 15.1. The van der Waals surface area contributed by atoms with E-state index in [9.17, 15) is 0 Å². The van der Waals surface area contributed by atoms with Crippen LogP contribution in [0.5, 0.6) is 0 Å². The van der Waals surface area contributed by atoms with E-state index in [-0.39, 0.29) is 0 Å². The number of hydrogen-bond donors (Lipinski definition) is 0. The second kappa shape index (κ2) is 16.1. The Morgan fingerprint density at radius 3 is 0.935 bits per heavy atom. The van der Waals surface area contributed by atoms with Crippen molar-refractivity contribution in [3.05, 3.63) is 255 Å². The van der Waals surface area contributed by atoms with Crippen molar-refractivity contribution in [2.75, 3.05) is 9.80 Å². The van der Waals surface area contributed by atoms with Crippen molar-refractivity contribution in [3.8, 4) is 33.4 Å². The van der Waals surface area contributed by atoms with Gasteiger partial charge in [-0.3, -0.25) is 0 Å². The van der Waals surface area contributed by atoms with Gasteiger partial charge in [0, 0.05) is 33.5 Å². The van der Waals surface area contributed by atoms with Gasteiger partial charge in [-0.1, -0.05) is 194 Å². The molecule has 11 aromatic carbocycles. The fourth-order valence-corrected chi connectivity index (χ4v) is 8.97. The topological polar surface area (TPSA) is 6.48 Å². The number of hydrogen-bond acceptors (Lipinski definition) is 2. The zero-order valence-corrected chi connectivity index (χ0v) is 34.1. The molecule has 0 N–H and O–H groups in total. The van der Waals surface area contributed by atoms with Crippen molar-refractivity contribution in [1.82, 2.24) is 0 Å². The maximum atomic E-state index is 2.38. The minimum absolute atomic E-state index is 1.10. The van der Waals surface area contributed by atoms with Crippen LogP contribution in [0, 0.1) is 0 Å². The van der Waals surface area contributed by atoms with E-state index in [0.717, 1.165) is 45.3 Å². The summed E-state index contributed by atoms with van der Waals surface area (Å²) in [7, 11) is 0. The molecule has 0 saturated heterocycles. The van der Waals surface area contributed by atoms with Gasteiger partial charge in [-0.25, -0.2) is 0 Å².